The standard InChI is InChI=1S/C22H31N3O3S/c1-4-5-18-6-8-19(9-7-18)22(17(2)3)24-21-11-10-20(16-23-21)29(26,27)25-12-14-28-15-13-25/h6-11,16-17,22H,4-5,12-15H2,1-3H3,(H,23,24)/p+1/t22-/m0/s1. The second-order valence-electron chi connectivity index (χ2n) is 7.81. The van der Waals surface area contributed by atoms with Crippen molar-refractivity contribution in [3.05, 3.63) is 53.7 Å². The van der Waals surface area contributed by atoms with Crippen LogP contribution in [0.15, 0.2) is 47.5 Å². The molecule has 3 rings (SSSR count). The number of hydrogen-bond acceptors (Lipinski definition) is 4. The first kappa shape index (κ1) is 21.7. The Bertz CT molecular complexity index is 875. The molecule has 1 aromatic carbocycles. The molecular weight excluding hydrogens is 386 g/mol. The van der Waals surface area contributed by atoms with Crippen LogP contribution in [0.25, 0.3) is 0 Å². The van der Waals surface area contributed by atoms with Crippen LogP contribution >= 0.6 is 0 Å². The van der Waals surface area contributed by atoms with Gasteiger partial charge in [-0.1, -0.05) is 51.5 Å². The van der Waals surface area contributed by atoms with Crippen LogP contribution in [0.1, 0.15) is 44.4 Å². The monoisotopic (exact) mass is 418 g/mol. The van der Waals surface area contributed by atoms with Gasteiger partial charge in [-0.3, -0.25) is 5.32 Å². The molecule has 0 unspecified atom stereocenters. The lowest BCUT2D eigenvalue weighted by Crippen LogP contribution is -2.40. The number of hydrogen-bond donors (Lipinski definition) is 1. The van der Waals surface area contributed by atoms with Crippen molar-refractivity contribution in [2.24, 2.45) is 5.92 Å². The second kappa shape index (κ2) is 9.69. The zero-order chi connectivity index (χ0) is 20.9. The summed E-state index contributed by atoms with van der Waals surface area (Å²) >= 11 is 0. The van der Waals surface area contributed by atoms with Gasteiger partial charge in [-0.25, -0.2) is 13.4 Å². The lowest BCUT2D eigenvalue weighted by atomic mass is 9.94. The van der Waals surface area contributed by atoms with Gasteiger partial charge in [0.15, 0.2) is 0 Å². The average Bonchev–Trinajstić information content (AvgIpc) is 2.74. The van der Waals surface area contributed by atoms with E-state index in [-0.39, 0.29) is 10.9 Å². The van der Waals surface area contributed by atoms with Crippen molar-refractivity contribution in [3.8, 4) is 0 Å². The van der Waals surface area contributed by atoms with Gasteiger partial charge in [0.1, 0.15) is 17.1 Å². The lowest BCUT2D eigenvalue weighted by Gasteiger charge is -2.25. The molecule has 29 heavy (non-hydrogen) atoms. The Morgan fingerprint density at radius 2 is 1.79 bits per heavy atom. The molecule has 1 aromatic heterocycles. The highest BCUT2D eigenvalue weighted by Gasteiger charge is 2.28. The smallest absolute Gasteiger partial charge is 0.272 e. The first-order chi connectivity index (χ1) is 13.9. The van der Waals surface area contributed by atoms with Crippen molar-refractivity contribution in [2.75, 3.05) is 31.6 Å². The normalized spacial score (nSPS) is 16.7. The van der Waals surface area contributed by atoms with Crippen molar-refractivity contribution in [1.82, 2.24) is 4.31 Å². The Kier molecular flexibility index (Phi) is 7.27. The minimum Gasteiger partial charge on any atom is -0.379 e. The third kappa shape index (κ3) is 5.35. The molecule has 1 fully saturated rings. The number of anilines is 1. The van der Waals surface area contributed by atoms with E-state index in [9.17, 15) is 8.42 Å². The van der Waals surface area contributed by atoms with Crippen molar-refractivity contribution in [3.63, 3.8) is 0 Å². The number of ether oxygens (including phenoxy) is 1. The number of pyridine rings is 1. The van der Waals surface area contributed by atoms with Gasteiger partial charge in [-0.2, -0.15) is 4.31 Å². The molecule has 0 aliphatic carbocycles. The molecule has 0 spiro atoms. The third-order valence-electron chi connectivity index (χ3n) is 5.25. The molecule has 6 nitrogen and oxygen atoms in total. The fraction of sp³-hybridized carbons (Fsp3) is 0.500. The predicted octanol–water partition coefficient (Wildman–Crippen LogP) is 3.28. The Morgan fingerprint density at radius 1 is 1.10 bits per heavy atom. The van der Waals surface area contributed by atoms with Crippen LogP contribution in [0.4, 0.5) is 5.82 Å². The number of nitrogens with one attached hydrogen (secondary N) is 2. The van der Waals surface area contributed by atoms with Crippen LogP contribution in [0.3, 0.4) is 0 Å². The van der Waals surface area contributed by atoms with Gasteiger partial charge in [0.25, 0.3) is 5.82 Å². The van der Waals surface area contributed by atoms with Gasteiger partial charge in [0.2, 0.25) is 10.0 Å². The number of sulfonamides is 1. The summed E-state index contributed by atoms with van der Waals surface area (Å²) < 4.78 is 32.3. The van der Waals surface area contributed by atoms with E-state index in [0.29, 0.717) is 32.2 Å². The van der Waals surface area contributed by atoms with Gasteiger partial charge >= 0.3 is 0 Å². The van der Waals surface area contributed by atoms with Crippen LogP contribution in [-0.4, -0.2) is 39.0 Å². The van der Waals surface area contributed by atoms with Crippen molar-refractivity contribution < 1.29 is 18.1 Å². The van der Waals surface area contributed by atoms with E-state index in [1.807, 2.05) is 0 Å². The minimum atomic E-state index is -3.49. The molecule has 1 aliphatic heterocycles. The van der Waals surface area contributed by atoms with Crippen molar-refractivity contribution >= 4 is 15.8 Å². The SMILES string of the molecule is CCCc1ccc([C@@H](Nc2ccc(S(=O)(=O)N3CCOCC3)c[nH+]2)C(C)C)cc1. The fourth-order valence-corrected chi connectivity index (χ4v) is 4.96. The van der Waals surface area contributed by atoms with Crippen molar-refractivity contribution in [1.29, 1.82) is 0 Å². The van der Waals surface area contributed by atoms with Gasteiger partial charge < -0.3 is 4.74 Å². The summed E-state index contributed by atoms with van der Waals surface area (Å²) in [7, 11) is -3.49. The largest absolute Gasteiger partial charge is 0.379 e. The Labute approximate surface area is 174 Å². The van der Waals surface area contributed by atoms with E-state index in [1.54, 1.807) is 18.3 Å². The molecular formula is C22H32N3O3S+. The van der Waals surface area contributed by atoms with Gasteiger partial charge in [0, 0.05) is 19.2 Å². The quantitative estimate of drug-likeness (QED) is 0.714. The fourth-order valence-electron chi connectivity index (χ4n) is 3.58. The highest BCUT2D eigenvalue weighted by atomic mass is 32.2. The first-order valence-corrected chi connectivity index (χ1v) is 11.8. The highest BCUT2D eigenvalue weighted by molar-refractivity contribution is 7.89. The van der Waals surface area contributed by atoms with E-state index >= 15 is 0 Å². The topological polar surface area (TPSA) is 72.8 Å². The molecule has 2 aromatic rings. The molecule has 0 bridgehead atoms. The molecule has 158 valence electrons. The molecule has 0 radical (unpaired) electrons. The zero-order valence-electron chi connectivity index (χ0n) is 17.5. The first-order valence-electron chi connectivity index (χ1n) is 10.4. The molecule has 7 heteroatoms. The summed E-state index contributed by atoms with van der Waals surface area (Å²) in [6, 6.07) is 12.3. The molecule has 1 saturated heterocycles. The maximum atomic E-state index is 12.8. The van der Waals surface area contributed by atoms with E-state index in [2.05, 4.69) is 55.3 Å². The number of rotatable bonds is 8. The maximum Gasteiger partial charge on any atom is 0.272 e. The van der Waals surface area contributed by atoms with Crippen LogP contribution in [0.5, 0.6) is 0 Å². The number of H-pyrrole nitrogens is 1. The summed E-state index contributed by atoms with van der Waals surface area (Å²) in [5.41, 5.74) is 2.57. The van der Waals surface area contributed by atoms with E-state index in [1.165, 1.54) is 15.4 Å². The number of aromatic nitrogens is 1. The van der Waals surface area contributed by atoms with Crippen LogP contribution in [-0.2, 0) is 21.2 Å². The maximum absolute atomic E-state index is 12.8. The molecule has 0 saturated carbocycles. The van der Waals surface area contributed by atoms with E-state index in [0.717, 1.165) is 18.7 Å². The minimum absolute atomic E-state index is 0.128. The molecule has 0 amide bonds. The van der Waals surface area contributed by atoms with Crippen LogP contribution in [0.2, 0.25) is 0 Å². The van der Waals surface area contributed by atoms with Gasteiger partial charge in [0.05, 0.1) is 13.2 Å². The summed E-state index contributed by atoms with van der Waals surface area (Å²) in [5.74, 6) is 1.17. The van der Waals surface area contributed by atoms with Crippen LogP contribution < -0.4 is 10.3 Å². The Balaban J connectivity index is 1.74. The summed E-state index contributed by atoms with van der Waals surface area (Å²) in [4.78, 5) is 3.39. The predicted molar refractivity (Wildman–Crippen MR) is 114 cm³/mol. The van der Waals surface area contributed by atoms with E-state index < -0.39 is 10.0 Å². The molecule has 1 aliphatic rings. The second-order valence-corrected chi connectivity index (χ2v) is 9.75. The Hall–Kier alpha value is -1.96. The number of aromatic amines is 1. The lowest BCUT2D eigenvalue weighted by molar-refractivity contribution is -0.364. The molecule has 2 heterocycles. The molecule has 1 atom stereocenters. The molecule has 2 N–H and O–H groups in total. The Morgan fingerprint density at radius 3 is 2.34 bits per heavy atom. The number of aryl methyl sites for hydroxylation is 1. The zero-order valence-corrected chi connectivity index (χ0v) is 18.3. The van der Waals surface area contributed by atoms with Gasteiger partial charge in [-0.05, 0) is 29.5 Å². The van der Waals surface area contributed by atoms with Gasteiger partial charge in [-0.15, -0.1) is 0 Å². The third-order valence-corrected chi connectivity index (χ3v) is 7.14. The number of benzene rings is 1. The summed E-state index contributed by atoms with van der Waals surface area (Å²) in [5, 5.41) is 3.52. The number of nitrogens with zero attached hydrogens (tertiary/aromatic N) is 1. The number of morpholine rings is 1. The van der Waals surface area contributed by atoms with Crippen molar-refractivity contribution in [2.45, 2.75) is 44.6 Å². The van der Waals surface area contributed by atoms with Crippen LogP contribution in [0, 0.1) is 5.92 Å². The summed E-state index contributed by atoms with van der Waals surface area (Å²) in [6.07, 6.45) is 3.79. The summed E-state index contributed by atoms with van der Waals surface area (Å²) in [6.45, 7) is 8.21. The van der Waals surface area contributed by atoms with E-state index in [4.69, 9.17) is 4.74 Å². The average molecular weight is 419 g/mol. The highest BCUT2D eigenvalue weighted by Crippen LogP contribution is 2.26.